The number of nitrogens with two attached hydrogens (primary N) is 1. The number of esters is 1. The minimum atomic E-state index is -4.62. The highest BCUT2D eigenvalue weighted by atomic mass is 31.2. The van der Waals surface area contributed by atoms with Gasteiger partial charge in [0, 0.05) is 13.0 Å². The average molecular weight is 930 g/mol. The van der Waals surface area contributed by atoms with Gasteiger partial charge in [0.1, 0.15) is 12.1 Å². The van der Waals surface area contributed by atoms with Gasteiger partial charge in [0.05, 0.1) is 19.8 Å². The van der Waals surface area contributed by atoms with E-state index >= 15 is 0 Å². The fourth-order valence-electron chi connectivity index (χ4n) is 8.07. The van der Waals surface area contributed by atoms with E-state index < -0.39 is 45.1 Å². The zero-order valence-corrected chi connectivity index (χ0v) is 42.8. The number of aliphatic carboxylic acids is 1. The summed E-state index contributed by atoms with van der Waals surface area (Å²) in [6.45, 7) is 3.95. The van der Waals surface area contributed by atoms with Crippen molar-refractivity contribution in [2.45, 2.75) is 289 Å². The average Bonchev–Trinajstić information content (AvgIpc) is 3.28. The number of ether oxygens (including phenoxy) is 2. The van der Waals surface area contributed by atoms with Crippen molar-refractivity contribution in [3.8, 4) is 0 Å². The first kappa shape index (κ1) is 62.7. The molecule has 0 amide bonds. The molecule has 0 spiro atoms. The normalized spacial score (nSPS) is 13.7. The highest BCUT2D eigenvalue weighted by Gasteiger charge is 2.27. The molecule has 3 atom stereocenters. The molecule has 0 rings (SSSR count). The fraction of sp³-hybridized carbons (Fsp3) is 0.925. The summed E-state index contributed by atoms with van der Waals surface area (Å²) >= 11 is 0. The zero-order valence-electron chi connectivity index (χ0n) is 41.9. The van der Waals surface area contributed by atoms with Gasteiger partial charge in [-0.05, 0) is 38.5 Å². The molecule has 380 valence electrons. The van der Waals surface area contributed by atoms with Gasteiger partial charge in [0.25, 0.3) is 0 Å². The smallest absolute Gasteiger partial charge is 0.472 e. The van der Waals surface area contributed by atoms with Crippen molar-refractivity contribution in [2.75, 3.05) is 26.4 Å². The molecule has 0 heterocycles. The number of carbonyl (C=O) groups excluding carboxylic acids is 1. The Bertz CT molecular complexity index is 1080. The van der Waals surface area contributed by atoms with Gasteiger partial charge in [-0.1, -0.05) is 244 Å². The van der Waals surface area contributed by atoms with Crippen LogP contribution >= 0.6 is 7.82 Å². The molecule has 3 unspecified atom stereocenters. The third-order valence-electron chi connectivity index (χ3n) is 12.3. The Labute approximate surface area is 394 Å². The van der Waals surface area contributed by atoms with Gasteiger partial charge in [0.15, 0.2) is 0 Å². The number of carboxylic acids is 1. The van der Waals surface area contributed by atoms with Crippen molar-refractivity contribution in [1.29, 1.82) is 0 Å². The molecular formula is C53H104NO9P. The van der Waals surface area contributed by atoms with Crippen molar-refractivity contribution >= 4 is 19.8 Å². The summed E-state index contributed by atoms with van der Waals surface area (Å²) in [7, 11) is -4.62. The van der Waals surface area contributed by atoms with Crippen LogP contribution in [0.15, 0.2) is 12.2 Å². The van der Waals surface area contributed by atoms with E-state index in [9.17, 15) is 19.0 Å². The predicted octanol–water partition coefficient (Wildman–Crippen LogP) is 16.1. The van der Waals surface area contributed by atoms with Crippen LogP contribution in [0.4, 0.5) is 0 Å². The van der Waals surface area contributed by atoms with Crippen LogP contribution in [-0.2, 0) is 32.7 Å². The van der Waals surface area contributed by atoms with Gasteiger partial charge in [-0.2, -0.15) is 0 Å². The van der Waals surface area contributed by atoms with Crippen molar-refractivity contribution in [1.82, 2.24) is 0 Å². The van der Waals surface area contributed by atoms with E-state index in [0.717, 1.165) is 38.5 Å². The number of carboxylic acid groups (broad SMARTS) is 1. The lowest BCUT2D eigenvalue weighted by molar-refractivity contribution is -0.154. The highest BCUT2D eigenvalue weighted by Crippen LogP contribution is 2.43. The van der Waals surface area contributed by atoms with Crippen LogP contribution in [0.3, 0.4) is 0 Å². The Morgan fingerprint density at radius 3 is 1.19 bits per heavy atom. The van der Waals surface area contributed by atoms with Crippen molar-refractivity contribution in [3.05, 3.63) is 12.2 Å². The number of rotatable bonds is 53. The third-order valence-corrected chi connectivity index (χ3v) is 13.2. The summed E-state index contributed by atoms with van der Waals surface area (Å²) in [4.78, 5) is 33.7. The van der Waals surface area contributed by atoms with Gasteiger partial charge >= 0.3 is 19.8 Å². The zero-order chi connectivity index (χ0) is 46.9. The molecule has 64 heavy (non-hydrogen) atoms. The van der Waals surface area contributed by atoms with E-state index in [0.29, 0.717) is 6.61 Å². The molecule has 0 fully saturated rings. The van der Waals surface area contributed by atoms with Crippen LogP contribution in [0, 0.1) is 0 Å². The van der Waals surface area contributed by atoms with Crippen LogP contribution < -0.4 is 5.73 Å². The van der Waals surface area contributed by atoms with Gasteiger partial charge in [-0.3, -0.25) is 18.6 Å². The summed E-state index contributed by atoms with van der Waals surface area (Å²) in [5.41, 5.74) is 5.38. The van der Waals surface area contributed by atoms with Gasteiger partial charge in [-0.25, -0.2) is 4.57 Å². The quantitative estimate of drug-likeness (QED) is 0.0232. The summed E-state index contributed by atoms with van der Waals surface area (Å²) < 4.78 is 33.6. The van der Waals surface area contributed by atoms with E-state index in [1.165, 1.54) is 218 Å². The fourth-order valence-corrected chi connectivity index (χ4v) is 8.85. The summed E-state index contributed by atoms with van der Waals surface area (Å²) in [5.74, 6) is -1.76. The SMILES string of the molecule is CCCCCCCCCC/C=C\CCCCCCCCCCCCCCOCC(COP(=O)(O)OCC(N)C(=O)O)OC(=O)CCCCCCCCCCCCCCCCCCCC. The molecule has 0 aliphatic rings. The second-order valence-electron chi connectivity index (χ2n) is 18.7. The van der Waals surface area contributed by atoms with Crippen LogP contribution in [0.1, 0.15) is 277 Å². The minimum Gasteiger partial charge on any atom is -0.480 e. The Balaban J connectivity index is 4.05. The van der Waals surface area contributed by atoms with Crippen molar-refractivity contribution in [2.24, 2.45) is 5.73 Å². The molecule has 4 N–H and O–H groups in total. The highest BCUT2D eigenvalue weighted by molar-refractivity contribution is 7.47. The molecule has 0 aromatic carbocycles. The number of phosphoric ester groups is 1. The van der Waals surface area contributed by atoms with E-state index in [1.54, 1.807) is 0 Å². The number of allylic oxidation sites excluding steroid dienone is 2. The summed E-state index contributed by atoms with van der Waals surface area (Å²) in [5, 5.41) is 8.94. The minimum absolute atomic E-state index is 0.0234. The molecule has 10 nitrogen and oxygen atoms in total. The van der Waals surface area contributed by atoms with Crippen LogP contribution in [0.25, 0.3) is 0 Å². The van der Waals surface area contributed by atoms with Crippen LogP contribution in [-0.4, -0.2) is 60.5 Å². The Kier molecular flexibility index (Phi) is 48.6. The van der Waals surface area contributed by atoms with Gasteiger partial charge in [0.2, 0.25) is 0 Å². The molecule has 0 aromatic heterocycles. The maximum atomic E-state index is 12.7. The Morgan fingerprint density at radius 2 is 0.812 bits per heavy atom. The molecule has 0 bridgehead atoms. The monoisotopic (exact) mass is 930 g/mol. The van der Waals surface area contributed by atoms with E-state index in [1.807, 2.05) is 0 Å². The molecule has 0 radical (unpaired) electrons. The van der Waals surface area contributed by atoms with Crippen LogP contribution in [0.5, 0.6) is 0 Å². The first-order chi connectivity index (χ1) is 31.2. The molecule has 0 saturated heterocycles. The maximum absolute atomic E-state index is 12.7. The van der Waals surface area contributed by atoms with Crippen molar-refractivity contribution in [3.63, 3.8) is 0 Å². The van der Waals surface area contributed by atoms with E-state index in [2.05, 4.69) is 26.0 Å². The topological polar surface area (TPSA) is 155 Å². The van der Waals surface area contributed by atoms with Gasteiger partial charge < -0.3 is 25.2 Å². The van der Waals surface area contributed by atoms with E-state index in [4.69, 9.17) is 29.4 Å². The maximum Gasteiger partial charge on any atom is 0.472 e. The third kappa shape index (κ3) is 48.6. The molecule has 0 saturated carbocycles. The standard InChI is InChI=1S/C53H104NO9P/c1-3-5-7-9-11-13-15-17-19-21-23-24-25-26-27-28-30-32-34-36-38-40-42-44-46-60-47-50(48-61-64(58,59)62-49-51(54)53(56)57)63-52(55)45-43-41-39-37-35-33-31-29-22-20-18-16-14-12-10-8-6-4-2/h21,23,50-51H,3-20,22,24-49,54H2,1-2H3,(H,56,57)(H,58,59)/b23-21-. The second-order valence-corrected chi connectivity index (χ2v) is 20.2. The second kappa shape index (κ2) is 49.6. The summed E-state index contributed by atoms with van der Waals surface area (Å²) in [6, 6.07) is -1.47. The Hall–Kier alpha value is -1.29. The summed E-state index contributed by atoms with van der Waals surface area (Å²) in [6.07, 6.45) is 55.6. The Morgan fingerprint density at radius 1 is 0.484 bits per heavy atom. The molecule has 11 heteroatoms. The number of carbonyl (C=O) groups is 2. The number of hydrogen-bond donors (Lipinski definition) is 3. The first-order valence-corrected chi connectivity index (χ1v) is 28.7. The lowest BCUT2D eigenvalue weighted by Gasteiger charge is -2.20. The molecule has 0 aromatic rings. The number of phosphoric acid groups is 1. The molecule has 0 aliphatic heterocycles. The lowest BCUT2D eigenvalue weighted by atomic mass is 10.0. The first-order valence-electron chi connectivity index (χ1n) is 27.2. The van der Waals surface area contributed by atoms with E-state index in [-0.39, 0.29) is 13.0 Å². The molecular weight excluding hydrogens is 826 g/mol. The largest absolute Gasteiger partial charge is 0.480 e. The predicted molar refractivity (Wildman–Crippen MR) is 268 cm³/mol. The molecule has 0 aliphatic carbocycles. The van der Waals surface area contributed by atoms with Gasteiger partial charge in [-0.15, -0.1) is 0 Å². The van der Waals surface area contributed by atoms with Crippen LogP contribution in [0.2, 0.25) is 0 Å². The number of unbranched alkanes of at least 4 members (excludes halogenated alkanes) is 37. The van der Waals surface area contributed by atoms with Crippen molar-refractivity contribution < 1.29 is 42.7 Å². The number of hydrogen-bond acceptors (Lipinski definition) is 8. The lowest BCUT2D eigenvalue weighted by Crippen LogP contribution is -2.34.